The summed E-state index contributed by atoms with van der Waals surface area (Å²) >= 11 is 0. The van der Waals surface area contributed by atoms with Gasteiger partial charge in [-0.1, -0.05) is 13.3 Å². The van der Waals surface area contributed by atoms with Gasteiger partial charge in [-0.3, -0.25) is 14.8 Å². The second-order valence-corrected chi connectivity index (χ2v) is 7.92. The third kappa shape index (κ3) is 3.66. The summed E-state index contributed by atoms with van der Waals surface area (Å²) in [5, 5.41) is 5.98. The summed E-state index contributed by atoms with van der Waals surface area (Å²) in [4.78, 5) is 32.5. The number of urea groups is 1. The number of rotatable bonds is 6. The number of carbonyl (C=O) groups is 2. The van der Waals surface area contributed by atoms with E-state index in [1.807, 2.05) is 0 Å². The van der Waals surface area contributed by atoms with Crippen LogP contribution in [0, 0.1) is 5.41 Å². The van der Waals surface area contributed by atoms with Gasteiger partial charge in [-0.15, -0.1) is 0 Å². The zero-order valence-corrected chi connectivity index (χ0v) is 15.5. The molecule has 0 aliphatic heterocycles. The highest BCUT2D eigenvalue weighted by molar-refractivity contribution is 5.87. The van der Waals surface area contributed by atoms with E-state index < -0.39 is 5.41 Å². The van der Waals surface area contributed by atoms with Crippen LogP contribution in [0.15, 0.2) is 18.6 Å². The van der Waals surface area contributed by atoms with Gasteiger partial charge >= 0.3 is 6.03 Å². The first-order valence-electron chi connectivity index (χ1n) is 9.60. The van der Waals surface area contributed by atoms with Gasteiger partial charge in [0.2, 0.25) is 5.91 Å². The van der Waals surface area contributed by atoms with E-state index in [1.54, 1.807) is 18.6 Å². The van der Waals surface area contributed by atoms with E-state index >= 15 is 0 Å². The van der Waals surface area contributed by atoms with Crippen molar-refractivity contribution in [2.45, 2.75) is 69.7 Å². The number of nitrogens with two attached hydrogens (primary N) is 1. The Hall–Kier alpha value is -2.18. The van der Waals surface area contributed by atoms with Crippen molar-refractivity contribution >= 4 is 11.9 Å². The van der Waals surface area contributed by atoms with Crippen molar-refractivity contribution in [2.75, 3.05) is 6.54 Å². The molecule has 3 rings (SSSR count). The Morgan fingerprint density at radius 2 is 2.00 bits per heavy atom. The molecule has 2 aliphatic rings. The molecule has 1 aromatic rings. The number of amides is 3. The summed E-state index contributed by atoms with van der Waals surface area (Å²) in [5.41, 5.74) is 5.89. The molecule has 1 spiro atoms. The van der Waals surface area contributed by atoms with Gasteiger partial charge < -0.3 is 16.4 Å². The molecular formula is C19H29N5O2. The third-order valence-electron chi connectivity index (χ3n) is 6.08. The molecule has 0 unspecified atom stereocenters. The van der Waals surface area contributed by atoms with E-state index in [4.69, 9.17) is 5.73 Å². The maximum absolute atomic E-state index is 12.2. The summed E-state index contributed by atoms with van der Waals surface area (Å²) in [7, 11) is 0. The summed E-state index contributed by atoms with van der Waals surface area (Å²) in [5.74, 6) is -0.306. The minimum atomic E-state index is -0.675. The van der Waals surface area contributed by atoms with Gasteiger partial charge in [0.05, 0.1) is 11.1 Å². The van der Waals surface area contributed by atoms with Gasteiger partial charge in [-0.25, -0.2) is 4.79 Å². The molecule has 7 heteroatoms. The average Bonchev–Trinajstić information content (AvgIpc) is 2.61. The molecule has 0 radical (unpaired) electrons. The number of primary amides is 1. The first-order chi connectivity index (χ1) is 12.5. The molecule has 1 aromatic heterocycles. The van der Waals surface area contributed by atoms with Gasteiger partial charge in [-0.05, 0) is 50.4 Å². The molecule has 3 amide bonds. The van der Waals surface area contributed by atoms with Gasteiger partial charge in [-0.2, -0.15) is 0 Å². The van der Waals surface area contributed by atoms with Crippen LogP contribution in [0.5, 0.6) is 0 Å². The Labute approximate surface area is 154 Å². The van der Waals surface area contributed by atoms with Crippen LogP contribution in [0.3, 0.4) is 0 Å². The van der Waals surface area contributed by atoms with Crippen molar-refractivity contribution < 1.29 is 9.59 Å². The molecule has 142 valence electrons. The van der Waals surface area contributed by atoms with Gasteiger partial charge in [0.1, 0.15) is 0 Å². The molecule has 1 heterocycles. The molecule has 0 atom stereocenters. The minimum Gasteiger partial charge on any atom is -0.369 e. The molecular weight excluding hydrogens is 330 g/mol. The molecule has 2 aliphatic carbocycles. The van der Waals surface area contributed by atoms with Gasteiger partial charge in [0.25, 0.3) is 0 Å². The van der Waals surface area contributed by atoms with Crippen molar-refractivity contribution in [3.63, 3.8) is 0 Å². The van der Waals surface area contributed by atoms with Crippen LogP contribution in [0.2, 0.25) is 0 Å². The van der Waals surface area contributed by atoms with Crippen LogP contribution in [-0.4, -0.2) is 34.5 Å². The smallest absolute Gasteiger partial charge is 0.315 e. The first kappa shape index (κ1) is 18.6. The second-order valence-electron chi connectivity index (χ2n) is 7.92. The predicted molar refractivity (Wildman–Crippen MR) is 98.3 cm³/mol. The number of unbranched alkanes of at least 4 members (excludes halogenated alkanes) is 1. The van der Waals surface area contributed by atoms with E-state index in [9.17, 15) is 9.59 Å². The highest BCUT2D eigenvalue weighted by atomic mass is 16.2. The van der Waals surface area contributed by atoms with Crippen molar-refractivity contribution in [3.8, 4) is 0 Å². The Balaban J connectivity index is 1.53. The highest BCUT2D eigenvalue weighted by Gasteiger charge is 2.60. The summed E-state index contributed by atoms with van der Waals surface area (Å²) in [6.07, 6.45) is 12.3. The van der Waals surface area contributed by atoms with Gasteiger partial charge in [0, 0.05) is 31.2 Å². The second kappa shape index (κ2) is 7.60. The van der Waals surface area contributed by atoms with E-state index in [0.29, 0.717) is 5.69 Å². The molecule has 0 saturated heterocycles. The highest BCUT2D eigenvalue weighted by Crippen LogP contribution is 2.61. The average molecular weight is 359 g/mol. The van der Waals surface area contributed by atoms with Crippen molar-refractivity contribution in [1.82, 2.24) is 20.6 Å². The first-order valence-corrected chi connectivity index (χ1v) is 9.60. The SMILES string of the molecule is CCCCNC(=O)NC1CCC2(CC1)CC(C(N)=O)(c1cnccn1)C2. The Morgan fingerprint density at radius 3 is 2.58 bits per heavy atom. The zero-order chi connectivity index (χ0) is 18.6. The van der Waals surface area contributed by atoms with Crippen LogP contribution < -0.4 is 16.4 Å². The lowest BCUT2D eigenvalue weighted by Crippen LogP contribution is -2.59. The van der Waals surface area contributed by atoms with Crippen molar-refractivity contribution in [2.24, 2.45) is 11.1 Å². The lowest BCUT2D eigenvalue weighted by molar-refractivity contribution is -0.135. The fourth-order valence-corrected chi connectivity index (χ4v) is 4.60. The summed E-state index contributed by atoms with van der Waals surface area (Å²) in [6.45, 7) is 2.82. The van der Waals surface area contributed by atoms with Crippen LogP contribution in [-0.2, 0) is 10.2 Å². The van der Waals surface area contributed by atoms with Gasteiger partial charge in [0.15, 0.2) is 0 Å². The monoisotopic (exact) mass is 359 g/mol. The Kier molecular flexibility index (Phi) is 5.44. The fraction of sp³-hybridized carbons (Fsp3) is 0.684. The van der Waals surface area contributed by atoms with Crippen LogP contribution in [0.1, 0.15) is 64.0 Å². The standard InChI is InChI=1S/C19H29N5O2/c1-2-3-8-23-17(26)24-14-4-6-18(7-5-14)12-19(13-18,16(20)25)15-11-21-9-10-22-15/h9-11,14H,2-8,12-13H2,1H3,(H2,20,25)(H2,23,24,26). The molecule has 0 aromatic carbocycles. The number of aromatic nitrogens is 2. The lowest BCUT2D eigenvalue weighted by Gasteiger charge is -2.57. The molecule has 2 fully saturated rings. The topological polar surface area (TPSA) is 110 Å². The van der Waals surface area contributed by atoms with E-state index in [0.717, 1.165) is 57.9 Å². The van der Waals surface area contributed by atoms with Crippen LogP contribution in [0.25, 0.3) is 0 Å². The number of hydrogen-bond acceptors (Lipinski definition) is 4. The van der Waals surface area contributed by atoms with Crippen molar-refractivity contribution in [3.05, 3.63) is 24.3 Å². The van der Waals surface area contributed by atoms with E-state index in [2.05, 4.69) is 27.5 Å². The van der Waals surface area contributed by atoms with Crippen LogP contribution >= 0.6 is 0 Å². The molecule has 0 bridgehead atoms. The fourth-order valence-electron chi connectivity index (χ4n) is 4.60. The summed E-state index contributed by atoms with van der Waals surface area (Å²) in [6, 6.07) is 0.140. The third-order valence-corrected chi connectivity index (χ3v) is 6.08. The molecule has 4 N–H and O–H groups in total. The predicted octanol–water partition coefficient (Wildman–Crippen LogP) is 2.02. The number of nitrogens with one attached hydrogen (secondary N) is 2. The van der Waals surface area contributed by atoms with E-state index in [-0.39, 0.29) is 23.4 Å². The molecule has 26 heavy (non-hydrogen) atoms. The van der Waals surface area contributed by atoms with Crippen molar-refractivity contribution in [1.29, 1.82) is 0 Å². The number of nitrogens with zero attached hydrogens (tertiary/aromatic N) is 2. The Bertz CT molecular complexity index is 633. The molecule has 7 nitrogen and oxygen atoms in total. The zero-order valence-electron chi connectivity index (χ0n) is 15.5. The maximum Gasteiger partial charge on any atom is 0.315 e. The summed E-state index contributed by atoms with van der Waals surface area (Å²) < 4.78 is 0. The normalized spacial score (nSPS) is 30.4. The quantitative estimate of drug-likeness (QED) is 0.675. The lowest BCUT2D eigenvalue weighted by atomic mass is 9.47. The number of hydrogen-bond donors (Lipinski definition) is 3. The molecule has 2 saturated carbocycles. The Morgan fingerprint density at radius 1 is 1.27 bits per heavy atom. The van der Waals surface area contributed by atoms with Crippen LogP contribution in [0.4, 0.5) is 4.79 Å². The van der Waals surface area contributed by atoms with E-state index in [1.165, 1.54) is 0 Å². The number of carbonyl (C=O) groups excluding carboxylic acids is 2. The maximum atomic E-state index is 12.2. The largest absolute Gasteiger partial charge is 0.369 e. The minimum absolute atomic E-state index is 0.0703.